The molecule has 2 aromatic rings. The van der Waals surface area contributed by atoms with E-state index in [4.69, 9.17) is 9.84 Å². The van der Waals surface area contributed by atoms with Crippen molar-refractivity contribution in [2.45, 2.75) is 20.4 Å². The molecule has 2 aromatic heterocycles. The monoisotopic (exact) mass is 280 g/mol. The quantitative estimate of drug-likeness (QED) is 0.921. The molecular formula is C13H13FN2O4. The van der Waals surface area contributed by atoms with E-state index in [1.54, 1.807) is 13.8 Å². The summed E-state index contributed by atoms with van der Waals surface area (Å²) >= 11 is 0. The van der Waals surface area contributed by atoms with Gasteiger partial charge in [-0.05, 0) is 19.9 Å². The second kappa shape index (κ2) is 5.28. The first-order valence-corrected chi connectivity index (χ1v) is 6.09. The van der Waals surface area contributed by atoms with Gasteiger partial charge in [0, 0.05) is 12.7 Å². The number of fused-ring (bicyclic) bond motifs is 1. The van der Waals surface area contributed by atoms with Gasteiger partial charge in [0.05, 0.1) is 12.0 Å². The molecule has 20 heavy (non-hydrogen) atoms. The number of carboxylic acids is 1. The zero-order valence-corrected chi connectivity index (χ0v) is 11.0. The van der Waals surface area contributed by atoms with Crippen LogP contribution in [0.2, 0.25) is 0 Å². The van der Waals surface area contributed by atoms with Crippen molar-refractivity contribution in [2.75, 3.05) is 6.61 Å². The van der Waals surface area contributed by atoms with Gasteiger partial charge in [0.25, 0.3) is 5.88 Å². The van der Waals surface area contributed by atoms with Crippen molar-refractivity contribution in [2.24, 2.45) is 0 Å². The van der Waals surface area contributed by atoms with Crippen molar-refractivity contribution in [3.63, 3.8) is 0 Å². The SMILES string of the molecule is CCOc1nc2c(cc1F)c(=O)c(C(=O)O)cn2CC. The molecule has 0 aromatic carbocycles. The highest BCUT2D eigenvalue weighted by atomic mass is 19.1. The molecule has 0 atom stereocenters. The van der Waals surface area contributed by atoms with Gasteiger partial charge in [-0.15, -0.1) is 0 Å². The summed E-state index contributed by atoms with van der Waals surface area (Å²) in [4.78, 5) is 27.0. The Morgan fingerprint density at radius 3 is 2.75 bits per heavy atom. The van der Waals surface area contributed by atoms with Crippen molar-refractivity contribution in [1.82, 2.24) is 9.55 Å². The standard InChI is InChI=1S/C13H13FN2O4/c1-3-16-6-8(13(18)19)10(17)7-5-9(14)12(20-4-2)15-11(7)16/h5-6H,3-4H2,1-2H3,(H,18,19). The average Bonchev–Trinajstić information content (AvgIpc) is 2.41. The molecule has 0 bridgehead atoms. The summed E-state index contributed by atoms with van der Waals surface area (Å²) in [7, 11) is 0. The number of aromatic carboxylic acids is 1. The molecule has 0 spiro atoms. The zero-order valence-electron chi connectivity index (χ0n) is 11.0. The summed E-state index contributed by atoms with van der Waals surface area (Å²) in [6, 6.07) is 0.967. The number of aromatic nitrogens is 2. The Kier molecular flexibility index (Phi) is 3.69. The lowest BCUT2D eigenvalue weighted by Crippen LogP contribution is -2.20. The number of hydrogen-bond acceptors (Lipinski definition) is 4. The number of nitrogens with zero attached hydrogens (tertiary/aromatic N) is 2. The van der Waals surface area contributed by atoms with E-state index in [9.17, 15) is 14.0 Å². The third kappa shape index (κ3) is 2.22. The molecule has 0 amide bonds. The van der Waals surface area contributed by atoms with Gasteiger partial charge in [-0.2, -0.15) is 4.98 Å². The molecule has 0 aliphatic carbocycles. The summed E-state index contributed by atoms with van der Waals surface area (Å²) in [5.41, 5.74) is -0.969. The van der Waals surface area contributed by atoms with Crippen molar-refractivity contribution in [3.8, 4) is 5.88 Å². The van der Waals surface area contributed by atoms with Gasteiger partial charge in [-0.3, -0.25) is 4.79 Å². The van der Waals surface area contributed by atoms with Crippen molar-refractivity contribution in [3.05, 3.63) is 33.9 Å². The van der Waals surface area contributed by atoms with E-state index in [0.29, 0.717) is 6.54 Å². The highest BCUT2D eigenvalue weighted by Crippen LogP contribution is 2.19. The minimum Gasteiger partial charge on any atom is -0.477 e. The average molecular weight is 280 g/mol. The van der Waals surface area contributed by atoms with Crippen molar-refractivity contribution in [1.29, 1.82) is 0 Å². The summed E-state index contributed by atoms with van der Waals surface area (Å²) in [5.74, 6) is -2.35. The Labute approximate surface area is 113 Å². The summed E-state index contributed by atoms with van der Waals surface area (Å²) in [6.07, 6.45) is 1.20. The Bertz CT molecular complexity index is 739. The van der Waals surface area contributed by atoms with Crippen LogP contribution < -0.4 is 10.2 Å². The van der Waals surface area contributed by atoms with E-state index in [-0.39, 0.29) is 23.5 Å². The Balaban J connectivity index is 2.86. The van der Waals surface area contributed by atoms with Crippen LogP contribution in [0.15, 0.2) is 17.1 Å². The van der Waals surface area contributed by atoms with E-state index in [1.165, 1.54) is 10.8 Å². The maximum absolute atomic E-state index is 13.8. The van der Waals surface area contributed by atoms with Gasteiger partial charge >= 0.3 is 5.97 Å². The fourth-order valence-electron chi connectivity index (χ4n) is 1.90. The van der Waals surface area contributed by atoms with Gasteiger partial charge < -0.3 is 14.4 Å². The fraction of sp³-hybridized carbons (Fsp3) is 0.308. The van der Waals surface area contributed by atoms with E-state index in [1.807, 2.05) is 0 Å². The highest BCUT2D eigenvalue weighted by Gasteiger charge is 2.18. The number of carbonyl (C=O) groups is 1. The fourth-order valence-corrected chi connectivity index (χ4v) is 1.90. The Morgan fingerprint density at radius 1 is 1.50 bits per heavy atom. The number of aryl methyl sites for hydroxylation is 1. The van der Waals surface area contributed by atoms with Crippen LogP contribution in [0.5, 0.6) is 5.88 Å². The van der Waals surface area contributed by atoms with Gasteiger partial charge in [0.15, 0.2) is 5.82 Å². The number of rotatable bonds is 4. The predicted octanol–water partition coefficient (Wildman–Crippen LogP) is 1.65. The largest absolute Gasteiger partial charge is 0.477 e. The number of pyridine rings is 2. The smallest absolute Gasteiger partial charge is 0.341 e. The van der Waals surface area contributed by atoms with Gasteiger partial charge in [-0.1, -0.05) is 0 Å². The lowest BCUT2D eigenvalue weighted by molar-refractivity contribution is 0.0695. The minimum atomic E-state index is -1.35. The first-order valence-electron chi connectivity index (χ1n) is 6.09. The molecule has 0 aliphatic heterocycles. The van der Waals surface area contributed by atoms with Crippen LogP contribution in [-0.4, -0.2) is 27.2 Å². The predicted molar refractivity (Wildman–Crippen MR) is 69.8 cm³/mol. The lowest BCUT2D eigenvalue weighted by atomic mass is 10.2. The van der Waals surface area contributed by atoms with Crippen LogP contribution in [-0.2, 0) is 6.54 Å². The van der Waals surface area contributed by atoms with E-state index in [0.717, 1.165) is 6.07 Å². The molecule has 106 valence electrons. The third-order valence-electron chi connectivity index (χ3n) is 2.82. The molecule has 0 saturated heterocycles. The van der Waals surface area contributed by atoms with Crippen molar-refractivity contribution >= 4 is 17.0 Å². The van der Waals surface area contributed by atoms with Gasteiger partial charge in [-0.25, -0.2) is 9.18 Å². The van der Waals surface area contributed by atoms with Crippen LogP contribution in [0.3, 0.4) is 0 Å². The Hall–Kier alpha value is -2.44. The second-order valence-corrected chi connectivity index (χ2v) is 4.04. The molecule has 2 rings (SSSR count). The summed E-state index contributed by atoms with van der Waals surface area (Å²) in [5, 5.41) is 8.92. The first kappa shape index (κ1) is 14.0. The minimum absolute atomic E-state index is 0.0762. The first-order chi connectivity index (χ1) is 9.49. The molecule has 0 saturated carbocycles. The van der Waals surface area contributed by atoms with Gasteiger partial charge in [0.2, 0.25) is 5.43 Å². The summed E-state index contributed by atoms with van der Waals surface area (Å²) in [6.45, 7) is 4.08. The van der Waals surface area contributed by atoms with E-state index in [2.05, 4.69) is 4.98 Å². The molecule has 0 unspecified atom stereocenters. The number of halogens is 1. The maximum Gasteiger partial charge on any atom is 0.341 e. The normalized spacial score (nSPS) is 10.8. The topological polar surface area (TPSA) is 81.4 Å². The van der Waals surface area contributed by atoms with E-state index >= 15 is 0 Å². The van der Waals surface area contributed by atoms with Crippen LogP contribution in [0.4, 0.5) is 4.39 Å². The zero-order chi connectivity index (χ0) is 14.9. The van der Waals surface area contributed by atoms with Crippen LogP contribution in [0, 0.1) is 5.82 Å². The molecule has 0 radical (unpaired) electrons. The van der Waals surface area contributed by atoms with Gasteiger partial charge in [0.1, 0.15) is 11.2 Å². The Morgan fingerprint density at radius 2 is 2.20 bits per heavy atom. The highest BCUT2D eigenvalue weighted by molar-refractivity contribution is 5.91. The third-order valence-corrected chi connectivity index (χ3v) is 2.82. The molecular weight excluding hydrogens is 267 g/mol. The summed E-state index contributed by atoms with van der Waals surface area (Å²) < 4.78 is 20.3. The number of ether oxygens (including phenoxy) is 1. The molecule has 0 fully saturated rings. The van der Waals surface area contributed by atoms with Crippen LogP contribution in [0.25, 0.3) is 11.0 Å². The molecule has 2 heterocycles. The second-order valence-electron chi connectivity index (χ2n) is 4.04. The molecule has 1 N–H and O–H groups in total. The maximum atomic E-state index is 13.8. The van der Waals surface area contributed by atoms with Crippen LogP contribution in [0.1, 0.15) is 24.2 Å². The van der Waals surface area contributed by atoms with E-state index < -0.39 is 22.8 Å². The molecule has 7 heteroatoms. The number of hydrogen-bond donors (Lipinski definition) is 1. The lowest BCUT2D eigenvalue weighted by Gasteiger charge is -2.11. The van der Waals surface area contributed by atoms with Crippen LogP contribution >= 0.6 is 0 Å². The van der Waals surface area contributed by atoms with Crippen molar-refractivity contribution < 1.29 is 19.0 Å². The number of carboxylic acid groups (broad SMARTS) is 1. The molecule has 0 aliphatic rings. The molecule has 6 nitrogen and oxygen atoms in total.